The largest absolute Gasteiger partial charge is 0.494 e. The second-order valence-corrected chi connectivity index (χ2v) is 9.41. The number of nitrogens with zero attached hydrogens (tertiary/aromatic N) is 3. The zero-order valence-corrected chi connectivity index (χ0v) is 19.6. The Labute approximate surface area is 193 Å². The Balaban J connectivity index is 2.33. The zero-order valence-electron chi connectivity index (χ0n) is 17.1. The van der Waals surface area contributed by atoms with Gasteiger partial charge >= 0.3 is 21.5 Å². The number of sulfonamides is 1. The molecule has 0 aliphatic rings. The Morgan fingerprint density at radius 2 is 1.81 bits per heavy atom. The third-order valence-electron chi connectivity index (χ3n) is 4.44. The van der Waals surface area contributed by atoms with Gasteiger partial charge in [0.1, 0.15) is 4.90 Å². The first kappa shape index (κ1) is 23.6. The lowest BCUT2D eigenvalue weighted by Gasteiger charge is -2.11. The average Bonchev–Trinajstić information content (AvgIpc) is 2.69. The summed E-state index contributed by atoms with van der Waals surface area (Å²) in [6.45, 7) is 1.62. The number of benzene rings is 1. The number of thiol groups is 1. The highest BCUT2D eigenvalue weighted by atomic mass is 35.5. The maximum Gasteiger partial charge on any atom is 0.371 e. The van der Waals surface area contributed by atoms with Gasteiger partial charge in [-0.05, 0) is 24.6 Å². The number of nitrogens with one attached hydrogen (secondary N) is 2. The molecule has 0 atom stereocenters. The fourth-order valence-electron chi connectivity index (χ4n) is 2.78. The van der Waals surface area contributed by atoms with Crippen molar-refractivity contribution < 1.29 is 18.1 Å². The van der Waals surface area contributed by atoms with E-state index in [4.69, 9.17) is 11.6 Å². The van der Waals surface area contributed by atoms with Crippen LogP contribution in [0.15, 0.2) is 60.4 Å². The Morgan fingerprint density at radius 1 is 1.19 bits per heavy atom. The Kier molecular flexibility index (Phi) is 6.49. The van der Waals surface area contributed by atoms with Gasteiger partial charge in [0, 0.05) is 41.8 Å². The summed E-state index contributed by atoms with van der Waals surface area (Å²) in [6.07, 6.45) is 2.92. The van der Waals surface area contributed by atoms with Gasteiger partial charge in [0.15, 0.2) is 5.56 Å². The van der Waals surface area contributed by atoms with Crippen molar-refractivity contribution in [3.8, 4) is 5.88 Å². The molecule has 32 heavy (non-hydrogen) atoms. The predicted molar refractivity (Wildman–Crippen MR) is 123 cm³/mol. The number of anilines is 1. The minimum atomic E-state index is -4.43. The third kappa shape index (κ3) is 4.71. The number of rotatable bonds is 4. The number of aromatic amines is 2. The number of aryl methyl sites for hydroxylation is 1. The second-order valence-electron chi connectivity index (χ2n) is 6.95. The van der Waals surface area contributed by atoms with Crippen molar-refractivity contribution in [3.05, 3.63) is 73.6 Å². The molecule has 3 aromatic rings. The smallest absolute Gasteiger partial charge is 0.371 e. The average molecular weight is 497 g/mol. The van der Waals surface area contributed by atoms with Gasteiger partial charge < -0.3 is 10.0 Å². The first-order valence-corrected chi connectivity index (χ1v) is 11.3. The van der Waals surface area contributed by atoms with Gasteiger partial charge in [0.25, 0.3) is 5.56 Å². The lowest BCUT2D eigenvalue weighted by molar-refractivity contribution is -0.554. The summed E-state index contributed by atoms with van der Waals surface area (Å²) >= 11 is 10.2. The number of hydrogen-bond acceptors (Lipinski definition) is 7. The number of aromatic nitrogens is 3. The number of H-pyrrole nitrogens is 2. The van der Waals surface area contributed by atoms with Crippen molar-refractivity contribution in [2.45, 2.75) is 16.7 Å². The molecule has 2 aromatic heterocycles. The number of aromatic hydroxyl groups is 1. The number of hydrogen-bond donors (Lipinski definition) is 4. The van der Waals surface area contributed by atoms with Gasteiger partial charge in [-0.15, -0.1) is 12.6 Å². The van der Waals surface area contributed by atoms with Crippen LogP contribution in [0.5, 0.6) is 5.88 Å². The summed E-state index contributed by atoms with van der Waals surface area (Å²) in [7, 11) is -0.802. The van der Waals surface area contributed by atoms with Crippen molar-refractivity contribution in [3.63, 3.8) is 0 Å². The quantitative estimate of drug-likeness (QED) is 0.184. The molecular weight excluding hydrogens is 478 g/mol. The van der Waals surface area contributed by atoms with Crippen LogP contribution in [0, 0.1) is 6.92 Å². The fourth-order valence-corrected chi connectivity index (χ4v) is 4.72. The van der Waals surface area contributed by atoms with E-state index in [2.05, 4.69) is 17.0 Å². The first-order chi connectivity index (χ1) is 14.9. The second kappa shape index (κ2) is 8.81. The fraction of sp³-hybridized carbons (Fsp3) is 0.158. The summed E-state index contributed by atoms with van der Waals surface area (Å²) in [6, 6.07) is 5.97. The van der Waals surface area contributed by atoms with E-state index < -0.39 is 38.6 Å². The highest BCUT2D eigenvalue weighted by Crippen LogP contribution is 2.28. The molecule has 0 aliphatic heterocycles. The summed E-state index contributed by atoms with van der Waals surface area (Å²) in [5, 5.41) is 10.6. The van der Waals surface area contributed by atoms with Gasteiger partial charge in [-0.25, -0.2) is 9.36 Å². The van der Waals surface area contributed by atoms with Crippen molar-refractivity contribution in [1.82, 2.24) is 9.97 Å². The molecule has 0 saturated heterocycles. The zero-order chi connectivity index (χ0) is 23.8. The molecule has 3 rings (SSSR count). The SMILES string of the molecule is Cc1cc(S(=O)(=O)/N=C(/c2c(O)[nH]c(=O)[nH]c2=O)[n+]2ccc(N(C)C)cc2)c(S)cc1Cl. The topological polar surface area (TPSA) is 140 Å². The van der Waals surface area contributed by atoms with E-state index in [1.165, 1.54) is 29.1 Å². The van der Waals surface area contributed by atoms with Crippen LogP contribution >= 0.6 is 24.2 Å². The first-order valence-electron chi connectivity index (χ1n) is 8.99. The van der Waals surface area contributed by atoms with Gasteiger partial charge in [0.2, 0.25) is 5.88 Å². The molecule has 0 radical (unpaired) electrons. The van der Waals surface area contributed by atoms with E-state index in [0.717, 1.165) is 5.69 Å². The summed E-state index contributed by atoms with van der Waals surface area (Å²) < 4.78 is 31.4. The van der Waals surface area contributed by atoms with Gasteiger partial charge in [-0.1, -0.05) is 11.6 Å². The minimum absolute atomic E-state index is 0.0521. The molecule has 0 bridgehead atoms. The van der Waals surface area contributed by atoms with Crippen LogP contribution < -0.4 is 20.7 Å². The van der Waals surface area contributed by atoms with Crippen LogP contribution in [0.25, 0.3) is 0 Å². The van der Waals surface area contributed by atoms with E-state index in [1.54, 1.807) is 19.1 Å². The van der Waals surface area contributed by atoms with Gasteiger partial charge in [-0.3, -0.25) is 14.8 Å². The molecule has 168 valence electrons. The molecule has 13 heteroatoms. The van der Waals surface area contributed by atoms with Crippen LogP contribution in [-0.4, -0.2) is 43.4 Å². The molecule has 0 aliphatic carbocycles. The van der Waals surface area contributed by atoms with E-state index in [1.807, 2.05) is 29.0 Å². The molecule has 3 N–H and O–H groups in total. The summed E-state index contributed by atoms with van der Waals surface area (Å²) in [5.41, 5.74) is -1.26. The lowest BCUT2D eigenvalue weighted by atomic mass is 10.2. The van der Waals surface area contributed by atoms with Crippen LogP contribution in [0.4, 0.5) is 5.69 Å². The molecule has 0 unspecified atom stereocenters. The van der Waals surface area contributed by atoms with Crippen molar-refractivity contribution >= 4 is 45.8 Å². The van der Waals surface area contributed by atoms with E-state index >= 15 is 0 Å². The standard InChI is InChI=1S/C19H18ClN5O5S2/c1-10-8-14(13(31)9-12(10)20)32(29,30)23-16(15-17(26)21-19(28)22-18(15)27)25-6-4-11(5-7-25)24(2)3/h4-9H,1-3H3,(H3-,21,22,23,26,27,28,31)/p+1. The molecule has 0 fully saturated rings. The lowest BCUT2D eigenvalue weighted by Crippen LogP contribution is -2.47. The Morgan fingerprint density at radius 3 is 2.38 bits per heavy atom. The molecule has 2 heterocycles. The van der Waals surface area contributed by atoms with Crippen molar-refractivity contribution in [1.29, 1.82) is 0 Å². The van der Waals surface area contributed by atoms with Crippen LogP contribution in [0.3, 0.4) is 0 Å². The normalized spacial score (nSPS) is 12.1. The third-order valence-corrected chi connectivity index (χ3v) is 6.68. The van der Waals surface area contributed by atoms with Crippen LogP contribution in [0.2, 0.25) is 5.02 Å². The van der Waals surface area contributed by atoms with Crippen LogP contribution in [-0.2, 0) is 10.0 Å². The predicted octanol–water partition coefficient (Wildman–Crippen LogP) is 1.06. The highest BCUT2D eigenvalue weighted by molar-refractivity contribution is 7.91. The molecular formula is C19H19ClN5O5S2+. The van der Waals surface area contributed by atoms with E-state index in [-0.39, 0.29) is 9.79 Å². The summed E-state index contributed by atoms with van der Waals surface area (Å²) in [5.74, 6) is -1.28. The molecule has 0 amide bonds. The van der Waals surface area contributed by atoms with Crippen LogP contribution in [0.1, 0.15) is 11.1 Å². The maximum absolute atomic E-state index is 13.2. The van der Waals surface area contributed by atoms with Crippen molar-refractivity contribution in [2.75, 3.05) is 19.0 Å². The van der Waals surface area contributed by atoms with Crippen molar-refractivity contribution in [2.24, 2.45) is 4.40 Å². The number of pyridine rings is 1. The van der Waals surface area contributed by atoms with E-state index in [9.17, 15) is 23.1 Å². The molecule has 0 saturated carbocycles. The number of halogens is 1. The molecule has 1 aromatic carbocycles. The molecule has 0 spiro atoms. The van der Waals surface area contributed by atoms with Gasteiger partial charge in [0.05, 0.1) is 16.8 Å². The summed E-state index contributed by atoms with van der Waals surface area (Å²) in [4.78, 5) is 29.6. The minimum Gasteiger partial charge on any atom is -0.494 e. The van der Waals surface area contributed by atoms with Gasteiger partial charge in [-0.2, -0.15) is 8.42 Å². The van der Waals surface area contributed by atoms with E-state index in [0.29, 0.717) is 10.6 Å². The highest BCUT2D eigenvalue weighted by Gasteiger charge is 2.32. The maximum atomic E-state index is 13.2. The molecule has 10 nitrogen and oxygen atoms in total. The monoisotopic (exact) mass is 496 g/mol. The Hall–Kier alpha value is -3.09. The Bertz CT molecular complexity index is 1440.